The van der Waals surface area contributed by atoms with Gasteiger partial charge in [0.2, 0.25) is 0 Å². The summed E-state index contributed by atoms with van der Waals surface area (Å²) < 4.78 is 0. The summed E-state index contributed by atoms with van der Waals surface area (Å²) in [5, 5.41) is 4.70. The quantitative estimate of drug-likeness (QED) is 0.828. The molecule has 0 aliphatic carbocycles. The largest absolute Gasteiger partial charge is 0.310 e. The van der Waals surface area contributed by atoms with Crippen LogP contribution in [0.25, 0.3) is 0 Å². The maximum Gasteiger partial charge on any atom is 0.0595 e. The summed E-state index contributed by atoms with van der Waals surface area (Å²) in [6, 6.07) is 16.5. The number of benzene rings is 2. The maximum absolute atomic E-state index is 6.03. The Morgan fingerprint density at radius 1 is 1.00 bits per heavy atom. The first-order valence-corrected chi connectivity index (χ1v) is 7.14. The van der Waals surface area contributed by atoms with Crippen molar-refractivity contribution in [2.24, 2.45) is 0 Å². The third-order valence-electron chi connectivity index (χ3n) is 3.15. The molecule has 0 heterocycles. The van der Waals surface area contributed by atoms with Crippen LogP contribution in [0.1, 0.15) is 24.1 Å². The Balaban J connectivity index is 1.87. The molecule has 0 amide bonds. The van der Waals surface area contributed by atoms with Gasteiger partial charge in [-0.25, -0.2) is 0 Å². The van der Waals surface area contributed by atoms with E-state index in [9.17, 15) is 0 Å². The highest BCUT2D eigenvalue weighted by Gasteiger charge is 2.06. The SMILES string of the molecule is CC(NCCc1ccccc1)c1ccc(Cl)c(Cl)c1. The van der Waals surface area contributed by atoms with Crippen LogP contribution in [-0.2, 0) is 6.42 Å². The molecular weight excluding hydrogens is 277 g/mol. The van der Waals surface area contributed by atoms with Crippen molar-refractivity contribution in [1.29, 1.82) is 0 Å². The zero-order valence-electron chi connectivity index (χ0n) is 10.9. The average Bonchev–Trinajstić information content (AvgIpc) is 2.43. The second-order valence-corrected chi connectivity index (χ2v) is 5.40. The molecule has 0 aromatic heterocycles. The Bertz CT molecular complexity index is 526. The Morgan fingerprint density at radius 3 is 2.42 bits per heavy atom. The first kappa shape index (κ1) is 14.4. The molecule has 0 spiro atoms. The van der Waals surface area contributed by atoms with E-state index >= 15 is 0 Å². The van der Waals surface area contributed by atoms with Crippen molar-refractivity contribution in [1.82, 2.24) is 5.32 Å². The second kappa shape index (κ2) is 6.95. The lowest BCUT2D eigenvalue weighted by atomic mass is 10.1. The van der Waals surface area contributed by atoms with Crippen LogP contribution in [-0.4, -0.2) is 6.54 Å². The summed E-state index contributed by atoms with van der Waals surface area (Å²) in [5.74, 6) is 0. The molecule has 1 N–H and O–H groups in total. The topological polar surface area (TPSA) is 12.0 Å². The van der Waals surface area contributed by atoms with Gasteiger partial charge in [0.25, 0.3) is 0 Å². The Labute approximate surface area is 124 Å². The molecule has 1 atom stereocenters. The van der Waals surface area contributed by atoms with Gasteiger partial charge in [-0.15, -0.1) is 0 Å². The van der Waals surface area contributed by atoms with Crippen molar-refractivity contribution in [2.45, 2.75) is 19.4 Å². The molecule has 0 saturated heterocycles. The van der Waals surface area contributed by atoms with Gasteiger partial charge in [0, 0.05) is 6.04 Å². The van der Waals surface area contributed by atoms with E-state index in [0.29, 0.717) is 10.0 Å². The van der Waals surface area contributed by atoms with Crippen molar-refractivity contribution in [3.05, 3.63) is 69.7 Å². The van der Waals surface area contributed by atoms with Gasteiger partial charge in [0.1, 0.15) is 0 Å². The molecule has 100 valence electrons. The van der Waals surface area contributed by atoms with E-state index in [2.05, 4.69) is 36.5 Å². The number of rotatable bonds is 5. The zero-order valence-corrected chi connectivity index (χ0v) is 12.4. The maximum atomic E-state index is 6.03. The first-order chi connectivity index (χ1) is 9.16. The zero-order chi connectivity index (χ0) is 13.7. The fourth-order valence-corrected chi connectivity index (χ4v) is 2.28. The monoisotopic (exact) mass is 293 g/mol. The van der Waals surface area contributed by atoms with E-state index in [1.54, 1.807) is 0 Å². The van der Waals surface area contributed by atoms with Crippen LogP contribution >= 0.6 is 23.2 Å². The van der Waals surface area contributed by atoms with E-state index < -0.39 is 0 Å². The van der Waals surface area contributed by atoms with Crippen LogP contribution in [0.15, 0.2) is 48.5 Å². The molecule has 0 bridgehead atoms. The van der Waals surface area contributed by atoms with E-state index in [1.807, 2.05) is 24.3 Å². The lowest BCUT2D eigenvalue weighted by molar-refractivity contribution is 0.577. The molecular formula is C16H17Cl2N. The van der Waals surface area contributed by atoms with Crippen LogP contribution in [0.4, 0.5) is 0 Å². The molecule has 0 fully saturated rings. The second-order valence-electron chi connectivity index (χ2n) is 4.58. The Kier molecular flexibility index (Phi) is 5.26. The minimum Gasteiger partial charge on any atom is -0.310 e. The molecule has 19 heavy (non-hydrogen) atoms. The lowest BCUT2D eigenvalue weighted by Crippen LogP contribution is -2.21. The van der Waals surface area contributed by atoms with Crippen LogP contribution in [0, 0.1) is 0 Å². The fraction of sp³-hybridized carbons (Fsp3) is 0.250. The van der Waals surface area contributed by atoms with Gasteiger partial charge >= 0.3 is 0 Å². The summed E-state index contributed by atoms with van der Waals surface area (Å²) in [5.41, 5.74) is 2.50. The molecule has 0 aliphatic heterocycles. The van der Waals surface area contributed by atoms with Crippen LogP contribution in [0.5, 0.6) is 0 Å². The summed E-state index contributed by atoms with van der Waals surface area (Å²) in [6.45, 7) is 3.07. The summed E-state index contributed by atoms with van der Waals surface area (Å²) >= 11 is 11.9. The van der Waals surface area contributed by atoms with E-state index in [-0.39, 0.29) is 6.04 Å². The van der Waals surface area contributed by atoms with Gasteiger partial charge in [-0.05, 0) is 43.1 Å². The smallest absolute Gasteiger partial charge is 0.0595 e. The van der Waals surface area contributed by atoms with Crippen LogP contribution < -0.4 is 5.32 Å². The third kappa shape index (κ3) is 4.24. The highest BCUT2D eigenvalue weighted by atomic mass is 35.5. The van der Waals surface area contributed by atoms with Gasteiger partial charge in [-0.2, -0.15) is 0 Å². The van der Waals surface area contributed by atoms with Crippen LogP contribution in [0.2, 0.25) is 10.0 Å². The molecule has 3 heteroatoms. The van der Waals surface area contributed by atoms with Crippen molar-refractivity contribution >= 4 is 23.2 Å². The highest BCUT2D eigenvalue weighted by Crippen LogP contribution is 2.25. The Hall–Kier alpha value is -1.02. The number of hydrogen-bond donors (Lipinski definition) is 1. The molecule has 0 aliphatic rings. The highest BCUT2D eigenvalue weighted by molar-refractivity contribution is 6.42. The van der Waals surface area contributed by atoms with Crippen LogP contribution in [0.3, 0.4) is 0 Å². The third-order valence-corrected chi connectivity index (χ3v) is 3.89. The molecule has 1 nitrogen and oxygen atoms in total. The minimum atomic E-state index is 0.262. The van der Waals surface area contributed by atoms with Gasteiger partial charge in [-0.1, -0.05) is 59.6 Å². The predicted octanol–water partition coefficient (Wildman–Crippen LogP) is 4.89. The fourth-order valence-electron chi connectivity index (χ4n) is 1.98. The van der Waals surface area contributed by atoms with Gasteiger partial charge < -0.3 is 5.32 Å². The summed E-state index contributed by atoms with van der Waals surface area (Å²) in [4.78, 5) is 0. The Morgan fingerprint density at radius 2 is 1.74 bits per heavy atom. The van der Waals surface area contributed by atoms with Gasteiger partial charge in [-0.3, -0.25) is 0 Å². The molecule has 2 rings (SSSR count). The molecule has 2 aromatic carbocycles. The average molecular weight is 294 g/mol. The van der Waals surface area contributed by atoms with Gasteiger partial charge in [0.15, 0.2) is 0 Å². The van der Waals surface area contributed by atoms with Crippen molar-refractivity contribution < 1.29 is 0 Å². The van der Waals surface area contributed by atoms with E-state index in [1.165, 1.54) is 5.56 Å². The van der Waals surface area contributed by atoms with Crippen molar-refractivity contribution in [2.75, 3.05) is 6.54 Å². The lowest BCUT2D eigenvalue weighted by Gasteiger charge is -2.15. The number of nitrogens with one attached hydrogen (secondary N) is 1. The van der Waals surface area contributed by atoms with Crippen molar-refractivity contribution in [3.8, 4) is 0 Å². The predicted molar refractivity (Wildman–Crippen MR) is 83.0 cm³/mol. The van der Waals surface area contributed by atoms with Crippen molar-refractivity contribution in [3.63, 3.8) is 0 Å². The van der Waals surface area contributed by atoms with E-state index in [0.717, 1.165) is 18.5 Å². The van der Waals surface area contributed by atoms with Gasteiger partial charge in [0.05, 0.1) is 10.0 Å². The molecule has 2 aromatic rings. The van der Waals surface area contributed by atoms with E-state index in [4.69, 9.17) is 23.2 Å². The standard InChI is InChI=1S/C16H17Cl2N/c1-12(14-7-8-15(17)16(18)11-14)19-10-9-13-5-3-2-4-6-13/h2-8,11-12,19H,9-10H2,1H3. The molecule has 0 saturated carbocycles. The normalized spacial score (nSPS) is 12.4. The minimum absolute atomic E-state index is 0.262. The molecule has 1 unspecified atom stereocenters. The first-order valence-electron chi connectivity index (χ1n) is 6.39. The summed E-state index contributed by atoms with van der Waals surface area (Å²) in [7, 11) is 0. The summed E-state index contributed by atoms with van der Waals surface area (Å²) in [6.07, 6.45) is 1.02. The molecule has 0 radical (unpaired) electrons. The number of hydrogen-bond acceptors (Lipinski definition) is 1. The number of halogens is 2.